The largest absolute Gasteiger partial charge is 0.338 e. The zero-order valence-electron chi connectivity index (χ0n) is 17.8. The van der Waals surface area contributed by atoms with Gasteiger partial charge in [0.2, 0.25) is 5.91 Å². The van der Waals surface area contributed by atoms with Gasteiger partial charge in [0.1, 0.15) is 17.5 Å². The molecule has 3 aromatic rings. The van der Waals surface area contributed by atoms with Gasteiger partial charge in [-0.05, 0) is 45.9 Å². The Morgan fingerprint density at radius 2 is 1.90 bits per heavy atom. The fourth-order valence-corrected chi connectivity index (χ4v) is 4.15. The number of fused-ring (bicyclic) bond motifs is 1. The number of amides is 1. The van der Waals surface area contributed by atoms with Gasteiger partial charge in [-0.3, -0.25) is 9.59 Å². The van der Waals surface area contributed by atoms with Crippen LogP contribution in [-0.4, -0.2) is 48.2 Å². The third-order valence-corrected chi connectivity index (χ3v) is 5.58. The molecule has 0 radical (unpaired) electrons. The number of para-hydroxylation sites is 1. The van der Waals surface area contributed by atoms with Gasteiger partial charge in [-0.25, -0.2) is 9.67 Å². The summed E-state index contributed by atoms with van der Waals surface area (Å²) in [5, 5.41) is 5.00. The van der Waals surface area contributed by atoms with E-state index >= 15 is 0 Å². The van der Waals surface area contributed by atoms with Crippen LogP contribution in [0.15, 0.2) is 35.1 Å². The molecule has 8 heteroatoms. The van der Waals surface area contributed by atoms with E-state index in [1.807, 2.05) is 60.0 Å². The first-order valence-corrected chi connectivity index (χ1v) is 10.2. The van der Waals surface area contributed by atoms with Crippen molar-refractivity contribution >= 4 is 22.5 Å². The highest BCUT2D eigenvalue weighted by atomic mass is 16.2. The molecule has 0 unspecified atom stereocenters. The first-order chi connectivity index (χ1) is 14.3. The Morgan fingerprint density at radius 3 is 2.57 bits per heavy atom. The number of nitrogens with zero attached hydrogens (tertiary/aromatic N) is 6. The number of carbonyl (C=O) groups is 1. The smallest absolute Gasteiger partial charge is 0.280 e. The van der Waals surface area contributed by atoms with Crippen LogP contribution < -0.4 is 5.56 Å². The molecule has 4 rings (SSSR count). The van der Waals surface area contributed by atoms with Crippen molar-refractivity contribution in [2.45, 2.75) is 46.6 Å². The number of hydrogen-bond acceptors (Lipinski definition) is 5. The predicted octanol–water partition coefficient (Wildman–Crippen LogP) is 2.64. The van der Waals surface area contributed by atoms with E-state index in [1.165, 1.54) is 0 Å². The molecule has 0 fully saturated rings. The topological polar surface area (TPSA) is 85.9 Å². The maximum absolute atomic E-state index is 12.8. The predicted molar refractivity (Wildman–Crippen MR) is 115 cm³/mol. The molecule has 3 heterocycles. The number of aromatic nitrogens is 5. The van der Waals surface area contributed by atoms with Crippen LogP contribution in [0.1, 0.15) is 43.3 Å². The summed E-state index contributed by atoms with van der Waals surface area (Å²) in [6.07, 6.45) is 3.15. The third-order valence-electron chi connectivity index (χ3n) is 5.58. The fourth-order valence-electron chi connectivity index (χ4n) is 4.15. The van der Waals surface area contributed by atoms with Gasteiger partial charge < -0.3 is 9.47 Å². The summed E-state index contributed by atoms with van der Waals surface area (Å²) in [4.78, 5) is 35.4. The molecule has 2 aromatic heterocycles. The van der Waals surface area contributed by atoms with Gasteiger partial charge in [-0.2, -0.15) is 10.1 Å². The molecule has 8 nitrogen and oxygen atoms in total. The lowest BCUT2D eigenvalue weighted by Crippen LogP contribution is -2.36. The van der Waals surface area contributed by atoms with Gasteiger partial charge in [0.25, 0.3) is 5.56 Å². The molecule has 1 aromatic carbocycles. The lowest BCUT2D eigenvalue weighted by molar-refractivity contribution is -0.131. The Balaban J connectivity index is 1.52. The van der Waals surface area contributed by atoms with Crippen LogP contribution in [0.2, 0.25) is 0 Å². The number of hydrogen-bond donors (Lipinski definition) is 0. The number of carbonyl (C=O) groups excluding carboxylic acids is 1. The highest BCUT2D eigenvalue weighted by Crippen LogP contribution is 2.23. The molecule has 0 spiro atoms. The monoisotopic (exact) mass is 406 g/mol. The van der Waals surface area contributed by atoms with Crippen LogP contribution in [-0.2, 0) is 4.79 Å². The molecule has 1 atom stereocenters. The average molecular weight is 406 g/mol. The molecule has 1 aliphatic rings. The van der Waals surface area contributed by atoms with Crippen LogP contribution in [0, 0.1) is 20.8 Å². The van der Waals surface area contributed by atoms with E-state index in [-0.39, 0.29) is 17.5 Å². The highest BCUT2D eigenvalue weighted by Gasteiger charge is 2.23. The summed E-state index contributed by atoms with van der Waals surface area (Å²) in [7, 11) is 0. The van der Waals surface area contributed by atoms with Crippen molar-refractivity contribution in [3.05, 3.63) is 58.2 Å². The Morgan fingerprint density at radius 1 is 1.13 bits per heavy atom. The summed E-state index contributed by atoms with van der Waals surface area (Å²) >= 11 is 0. The van der Waals surface area contributed by atoms with E-state index in [9.17, 15) is 9.59 Å². The molecular weight excluding hydrogens is 380 g/mol. The second-order valence-electron chi connectivity index (χ2n) is 7.81. The molecule has 0 aliphatic carbocycles. The summed E-state index contributed by atoms with van der Waals surface area (Å²) in [5.41, 5.74) is 1.71. The molecule has 156 valence electrons. The van der Waals surface area contributed by atoms with Crippen LogP contribution >= 0.6 is 0 Å². The average Bonchev–Trinajstić information content (AvgIpc) is 3.06. The highest BCUT2D eigenvalue weighted by molar-refractivity contribution is 5.82. The van der Waals surface area contributed by atoms with Gasteiger partial charge in [0.15, 0.2) is 0 Å². The molecule has 0 bridgehead atoms. The number of aryl methyl sites for hydroxylation is 3. The van der Waals surface area contributed by atoms with E-state index in [0.717, 1.165) is 22.9 Å². The number of rotatable bonds is 4. The van der Waals surface area contributed by atoms with Crippen molar-refractivity contribution in [3.63, 3.8) is 0 Å². The SMILES string of the molecule is Cc1nc(C)n([C@H](C)CC(=O)N2CC=C(n3c(C)nc(=O)c4ccccc43)CC2)n1. The second-order valence-corrected chi connectivity index (χ2v) is 7.81. The standard InChI is InChI=1S/C22H26N6O2/c1-14(28-17(4)23-15(2)25-28)13-21(29)26-11-9-18(10-12-26)27-16(3)24-22(30)19-7-5-6-8-20(19)27/h5-9,14H,10-13H2,1-4H3/t14-/m1/s1. The molecular formula is C22H26N6O2. The Kier molecular flexibility index (Phi) is 5.24. The summed E-state index contributed by atoms with van der Waals surface area (Å²) in [6, 6.07) is 7.47. The van der Waals surface area contributed by atoms with Crippen molar-refractivity contribution in [1.82, 2.24) is 29.2 Å². The first-order valence-electron chi connectivity index (χ1n) is 10.2. The van der Waals surface area contributed by atoms with E-state index in [2.05, 4.69) is 21.1 Å². The number of benzene rings is 1. The van der Waals surface area contributed by atoms with Crippen molar-refractivity contribution in [1.29, 1.82) is 0 Å². The fraction of sp³-hybridized carbons (Fsp3) is 0.409. The van der Waals surface area contributed by atoms with Crippen molar-refractivity contribution in [3.8, 4) is 0 Å². The van der Waals surface area contributed by atoms with Crippen molar-refractivity contribution in [2.75, 3.05) is 13.1 Å². The van der Waals surface area contributed by atoms with Gasteiger partial charge in [0, 0.05) is 31.6 Å². The molecule has 0 saturated carbocycles. The minimum atomic E-state index is -0.208. The maximum atomic E-state index is 12.8. The Bertz CT molecular complexity index is 1210. The molecule has 0 N–H and O–H groups in total. The minimum Gasteiger partial charge on any atom is -0.338 e. The van der Waals surface area contributed by atoms with E-state index in [1.54, 1.807) is 6.07 Å². The van der Waals surface area contributed by atoms with Crippen LogP contribution in [0.5, 0.6) is 0 Å². The van der Waals surface area contributed by atoms with Gasteiger partial charge in [-0.1, -0.05) is 12.1 Å². The molecule has 1 amide bonds. The molecule has 1 aliphatic heterocycles. The van der Waals surface area contributed by atoms with Crippen molar-refractivity contribution in [2.24, 2.45) is 0 Å². The Labute approximate surface area is 174 Å². The van der Waals surface area contributed by atoms with Gasteiger partial charge in [0.05, 0.1) is 16.9 Å². The maximum Gasteiger partial charge on any atom is 0.280 e. The first kappa shape index (κ1) is 20.0. The van der Waals surface area contributed by atoms with Crippen LogP contribution in [0.3, 0.4) is 0 Å². The van der Waals surface area contributed by atoms with E-state index in [0.29, 0.717) is 37.1 Å². The minimum absolute atomic E-state index is 0.0431. The third kappa shape index (κ3) is 3.65. The zero-order valence-corrected chi connectivity index (χ0v) is 17.8. The second kappa shape index (κ2) is 7.85. The molecule has 30 heavy (non-hydrogen) atoms. The summed E-state index contributed by atoms with van der Waals surface area (Å²) in [6.45, 7) is 8.76. The van der Waals surface area contributed by atoms with E-state index in [4.69, 9.17) is 0 Å². The summed E-state index contributed by atoms with van der Waals surface area (Å²) < 4.78 is 3.85. The van der Waals surface area contributed by atoms with Gasteiger partial charge in [-0.15, -0.1) is 0 Å². The van der Waals surface area contributed by atoms with E-state index < -0.39 is 0 Å². The quantitative estimate of drug-likeness (QED) is 0.665. The van der Waals surface area contributed by atoms with Gasteiger partial charge >= 0.3 is 0 Å². The molecule has 0 saturated heterocycles. The lowest BCUT2D eigenvalue weighted by Gasteiger charge is -2.29. The summed E-state index contributed by atoms with van der Waals surface area (Å²) in [5.74, 6) is 2.30. The van der Waals surface area contributed by atoms with Crippen LogP contribution in [0.25, 0.3) is 16.6 Å². The Hall–Kier alpha value is -3.29. The lowest BCUT2D eigenvalue weighted by atomic mass is 10.1. The van der Waals surface area contributed by atoms with Crippen molar-refractivity contribution < 1.29 is 4.79 Å². The normalized spacial score (nSPS) is 15.3. The van der Waals surface area contributed by atoms with Crippen LogP contribution in [0.4, 0.5) is 0 Å². The zero-order chi connectivity index (χ0) is 21.4.